The number of methoxy groups -OCH3 is 1. The van der Waals surface area contributed by atoms with E-state index < -0.39 is 0 Å². The zero-order valence-corrected chi connectivity index (χ0v) is 19.6. The van der Waals surface area contributed by atoms with Crippen LogP contribution in [0.3, 0.4) is 0 Å². The predicted molar refractivity (Wildman–Crippen MR) is 130 cm³/mol. The number of hydrogen-bond donors (Lipinski definition) is 1. The van der Waals surface area contributed by atoms with Crippen molar-refractivity contribution in [3.63, 3.8) is 0 Å². The molecule has 0 atom stereocenters. The molecule has 0 fully saturated rings. The van der Waals surface area contributed by atoms with Crippen LogP contribution in [0, 0.1) is 20.8 Å². The number of pyridine rings is 1. The van der Waals surface area contributed by atoms with E-state index in [9.17, 15) is 9.59 Å². The fourth-order valence-electron chi connectivity index (χ4n) is 4.17. The average molecular weight is 445 g/mol. The van der Waals surface area contributed by atoms with Crippen LogP contribution in [-0.4, -0.2) is 27.4 Å². The molecule has 0 saturated heterocycles. The van der Waals surface area contributed by atoms with E-state index in [0.717, 1.165) is 39.3 Å². The minimum atomic E-state index is -0.145. The first kappa shape index (κ1) is 22.3. The molecule has 2 aromatic heterocycles. The van der Waals surface area contributed by atoms with Crippen LogP contribution in [0.4, 0.5) is 5.69 Å². The average Bonchev–Trinajstić information content (AvgIpc) is 3.16. The van der Waals surface area contributed by atoms with Crippen LogP contribution in [0.15, 0.2) is 53.3 Å². The van der Waals surface area contributed by atoms with Crippen molar-refractivity contribution >= 4 is 22.6 Å². The van der Waals surface area contributed by atoms with Gasteiger partial charge in [0.1, 0.15) is 11.4 Å². The van der Waals surface area contributed by atoms with Gasteiger partial charge in [0.2, 0.25) is 5.91 Å². The van der Waals surface area contributed by atoms with Crippen molar-refractivity contribution in [2.24, 2.45) is 7.05 Å². The predicted octanol–water partition coefficient (Wildman–Crippen LogP) is 4.23. The number of nitrogens with zero attached hydrogens (tertiary/aromatic N) is 3. The second-order valence-electron chi connectivity index (χ2n) is 8.28. The van der Waals surface area contributed by atoms with Crippen molar-refractivity contribution < 1.29 is 9.53 Å². The molecule has 1 N–H and O–H groups in total. The van der Waals surface area contributed by atoms with E-state index in [0.29, 0.717) is 17.7 Å². The number of ether oxygens (including phenoxy) is 1. The van der Waals surface area contributed by atoms with Crippen LogP contribution in [0.2, 0.25) is 0 Å². The molecular formula is C26H28N4O3. The summed E-state index contributed by atoms with van der Waals surface area (Å²) in [5.41, 5.74) is 5.77. The van der Waals surface area contributed by atoms with Crippen LogP contribution < -0.4 is 15.6 Å². The second kappa shape index (κ2) is 8.94. The number of benzene rings is 2. The van der Waals surface area contributed by atoms with Gasteiger partial charge in [-0.2, -0.15) is 5.10 Å². The van der Waals surface area contributed by atoms with Crippen molar-refractivity contribution in [2.45, 2.75) is 33.6 Å². The van der Waals surface area contributed by atoms with Crippen molar-refractivity contribution in [3.8, 4) is 11.4 Å². The molecule has 4 rings (SSSR count). The van der Waals surface area contributed by atoms with Gasteiger partial charge in [-0.1, -0.05) is 17.7 Å². The van der Waals surface area contributed by atoms with E-state index in [1.54, 1.807) is 43.0 Å². The number of aryl methyl sites for hydroxylation is 4. The molecule has 7 nitrogen and oxygen atoms in total. The summed E-state index contributed by atoms with van der Waals surface area (Å²) in [4.78, 5) is 25.8. The Balaban J connectivity index is 1.63. The zero-order valence-electron chi connectivity index (χ0n) is 19.6. The van der Waals surface area contributed by atoms with Gasteiger partial charge in [0, 0.05) is 30.1 Å². The number of anilines is 1. The third-order valence-electron chi connectivity index (χ3n) is 6.00. The molecule has 0 aliphatic heterocycles. The minimum absolute atomic E-state index is 0.106. The maximum atomic E-state index is 13.3. The van der Waals surface area contributed by atoms with Crippen molar-refractivity contribution in [1.82, 2.24) is 14.3 Å². The largest absolute Gasteiger partial charge is 0.497 e. The normalized spacial score (nSPS) is 11.1. The van der Waals surface area contributed by atoms with E-state index in [1.807, 2.05) is 49.7 Å². The summed E-state index contributed by atoms with van der Waals surface area (Å²) in [5, 5.41) is 8.55. The second-order valence-corrected chi connectivity index (χ2v) is 8.28. The summed E-state index contributed by atoms with van der Waals surface area (Å²) >= 11 is 0. The summed E-state index contributed by atoms with van der Waals surface area (Å²) in [6, 6.07) is 15.2. The lowest BCUT2D eigenvalue weighted by atomic mass is 10.0. The molecule has 1 amide bonds. The fourth-order valence-corrected chi connectivity index (χ4v) is 4.17. The van der Waals surface area contributed by atoms with Gasteiger partial charge < -0.3 is 10.1 Å². The first-order valence-corrected chi connectivity index (χ1v) is 10.9. The Morgan fingerprint density at radius 2 is 1.70 bits per heavy atom. The number of carbonyl (C=O) groups is 1. The lowest BCUT2D eigenvalue weighted by molar-refractivity contribution is -0.116. The quantitative estimate of drug-likeness (QED) is 0.483. The molecule has 0 unspecified atom stereocenters. The molecule has 0 aliphatic rings. The number of amides is 1. The number of fused-ring (bicyclic) bond motifs is 1. The SMILES string of the molecule is COc1ccc(NC(=O)CCc2c(C)c3c(C)nn(-c4ccc(C)cc4)c3n(C)c2=O)cc1. The number of aromatic nitrogens is 3. The Morgan fingerprint density at radius 1 is 1.03 bits per heavy atom. The highest BCUT2D eigenvalue weighted by Gasteiger charge is 2.20. The van der Waals surface area contributed by atoms with Crippen LogP contribution in [0.5, 0.6) is 5.75 Å². The number of hydrogen-bond acceptors (Lipinski definition) is 4. The van der Waals surface area contributed by atoms with Crippen LogP contribution in [0.1, 0.15) is 28.8 Å². The van der Waals surface area contributed by atoms with E-state index in [-0.39, 0.29) is 17.9 Å². The van der Waals surface area contributed by atoms with Gasteiger partial charge in [-0.25, -0.2) is 4.68 Å². The maximum Gasteiger partial charge on any atom is 0.255 e. The van der Waals surface area contributed by atoms with Gasteiger partial charge in [-0.15, -0.1) is 0 Å². The summed E-state index contributed by atoms with van der Waals surface area (Å²) < 4.78 is 8.60. The highest BCUT2D eigenvalue weighted by Crippen LogP contribution is 2.26. The summed E-state index contributed by atoms with van der Waals surface area (Å²) in [6.45, 7) is 5.92. The Morgan fingerprint density at radius 3 is 2.33 bits per heavy atom. The first-order valence-electron chi connectivity index (χ1n) is 10.9. The Labute approximate surface area is 192 Å². The van der Waals surface area contributed by atoms with Gasteiger partial charge in [-0.3, -0.25) is 14.2 Å². The van der Waals surface area contributed by atoms with E-state index >= 15 is 0 Å². The highest BCUT2D eigenvalue weighted by atomic mass is 16.5. The van der Waals surface area contributed by atoms with Crippen molar-refractivity contribution in [1.29, 1.82) is 0 Å². The fraction of sp³-hybridized carbons (Fsp3) is 0.269. The van der Waals surface area contributed by atoms with Gasteiger partial charge in [0.05, 0.1) is 18.5 Å². The highest BCUT2D eigenvalue weighted by molar-refractivity contribution is 5.91. The zero-order chi connectivity index (χ0) is 23.7. The third kappa shape index (κ3) is 4.26. The number of carbonyl (C=O) groups excluding carboxylic acids is 1. The number of nitrogens with one attached hydrogen (secondary N) is 1. The van der Waals surface area contributed by atoms with Crippen LogP contribution in [-0.2, 0) is 18.3 Å². The van der Waals surface area contributed by atoms with E-state index in [1.165, 1.54) is 0 Å². The third-order valence-corrected chi connectivity index (χ3v) is 6.00. The molecule has 170 valence electrons. The van der Waals surface area contributed by atoms with E-state index in [4.69, 9.17) is 9.84 Å². The molecule has 0 bridgehead atoms. The monoisotopic (exact) mass is 444 g/mol. The van der Waals surface area contributed by atoms with Gasteiger partial charge in [0.25, 0.3) is 5.56 Å². The molecular weight excluding hydrogens is 416 g/mol. The summed E-state index contributed by atoms with van der Waals surface area (Å²) in [7, 11) is 3.36. The molecule has 7 heteroatoms. The topological polar surface area (TPSA) is 78.2 Å². The number of rotatable bonds is 6. The Kier molecular flexibility index (Phi) is 6.05. The van der Waals surface area contributed by atoms with E-state index in [2.05, 4.69) is 5.32 Å². The van der Waals surface area contributed by atoms with Crippen LogP contribution in [0.25, 0.3) is 16.7 Å². The molecule has 0 radical (unpaired) electrons. The lowest BCUT2D eigenvalue weighted by Crippen LogP contribution is -2.25. The molecule has 2 aromatic carbocycles. The van der Waals surface area contributed by atoms with Gasteiger partial charge in [0.15, 0.2) is 0 Å². The molecule has 33 heavy (non-hydrogen) atoms. The lowest BCUT2D eigenvalue weighted by Gasteiger charge is -2.13. The molecule has 0 spiro atoms. The van der Waals surface area contributed by atoms with Crippen molar-refractivity contribution in [2.75, 3.05) is 12.4 Å². The first-order chi connectivity index (χ1) is 15.8. The summed E-state index contributed by atoms with van der Waals surface area (Å²) in [5.74, 6) is 0.579. The van der Waals surface area contributed by atoms with Crippen molar-refractivity contribution in [3.05, 3.63) is 81.3 Å². The standard InChI is InChI=1S/C26H28N4O3/c1-16-6-10-20(11-7-16)30-25-24(18(3)28-30)17(2)22(26(32)29(25)4)14-15-23(31)27-19-8-12-21(33-5)13-9-19/h6-13H,14-15H2,1-5H3,(H,27,31). The molecule has 4 aromatic rings. The Hall–Kier alpha value is -3.87. The van der Waals surface area contributed by atoms with Crippen LogP contribution >= 0.6 is 0 Å². The van der Waals surface area contributed by atoms with Gasteiger partial charge >= 0.3 is 0 Å². The Bertz CT molecular complexity index is 1380. The minimum Gasteiger partial charge on any atom is -0.497 e. The molecule has 2 heterocycles. The molecule has 0 saturated carbocycles. The van der Waals surface area contributed by atoms with Gasteiger partial charge in [-0.05, 0) is 69.2 Å². The summed E-state index contributed by atoms with van der Waals surface area (Å²) in [6.07, 6.45) is 0.560. The smallest absolute Gasteiger partial charge is 0.255 e. The molecule has 0 aliphatic carbocycles. The maximum absolute atomic E-state index is 13.3.